The number of rotatable bonds is 6. The van der Waals surface area contributed by atoms with Gasteiger partial charge in [-0.2, -0.15) is 0 Å². The SMILES string of the molecule is CCOC(=O)c1c(NC(=O)c2ccc(Oc3nccs3)cc2)sc2c1CCCCC2. The number of benzene rings is 1. The van der Waals surface area contributed by atoms with E-state index in [1.165, 1.54) is 27.6 Å². The highest BCUT2D eigenvalue weighted by molar-refractivity contribution is 7.17. The number of thiophene rings is 1. The number of aryl methyl sites for hydroxylation is 1. The minimum absolute atomic E-state index is 0.266. The summed E-state index contributed by atoms with van der Waals surface area (Å²) in [6, 6.07) is 6.85. The molecule has 0 fully saturated rings. The molecule has 0 atom stereocenters. The van der Waals surface area contributed by atoms with Crippen LogP contribution in [0, 0.1) is 0 Å². The van der Waals surface area contributed by atoms with Crippen molar-refractivity contribution >= 4 is 39.6 Å². The molecule has 1 aromatic carbocycles. The molecule has 156 valence electrons. The van der Waals surface area contributed by atoms with Gasteiger partial charge in [0.2, 0.25) is 0 Å². The molecule has 0 saturated heterocycles. The second-order valence-corrected chi connectivity index (χ2v) is 8.83. The maximum absolute atomic E-state index is 12.8. The van der Waals surface area contributed by atoms with Crippen molar-refractivity contribution in [2.45, 2.75) is 39.0 Å². The molecule has 0 spiro atoms. The van der Waals surface area contributed by atoms with Gasteiger partial charge in [-0.05, 0) is 62.4 Å². The quantitative estimate of drug-likeness (QED) is 0.392. The number of amides is 1. The second-order valence-electron chi connectivity index (χ2n) is 6.87. The first-order valence-corrected chi connectivity index (χ1v) is 11.7. The number of thiazole rings is 1. The van der Waals surface area contributed by atoms with E-state index in [9.17, 15) is 9.59 Å². The molecule has 1 amide bonds. The molecule has 0 unspecified atom stereocenters. The average molecular weight is 443 g/mol. The Morgan fingerprint density at radius 1 is 1.13 bits per heavy atom. The zero-order valence-electron chi connectivity index (χ0n) is 16.6. The molecule has 4 rings (SSSR count). The highest BCUT2D eigenvalue weighted by atomic mass is 32.1. The minimum atomic E-state index is -0.362. The highest BCUT2D eigenvalue weighted by Crippen LogP contribution is 2.38. The predicted molar refractivity (Wildman–Crippen MR) is 118 cm³/mol. The smallest absolute Gasteiger partial charge is 0.341 e. The van der Waals surface area contributed by atoms with Gasteiger partial charge in [0.1, 0.15) is 10.8 Å². The number of carbonyl (C=O) groups is 2. The maximum atomic E-state index is 12.8. The van der Waals surface area contributed by atoms with E-state index in [2.05, 4.69) is 10.3 Å². The molecule has 1 aliphatic carbocycles. The van der Waals surface area contributed by atoms with E-state index >= 15 is 0 Å². The second kappa shape index (κ2) is 9.40. The monoisotopic (exact) mass is 442 g/mol. The molecule has 3 aromatic rings. The van der Waals surface area contributed by atoms with Crippen LogP contribution < -0.4 is 10.1 Å². The number of carbonyl (C=O) groups excluding carboxylic acids is 2. The van der Waals surface area contributed by atoms with E-state index in [-0.39, 0.29) is 11.9 Å². The fraction of sp³-hybridized carbons (Fsp3) is 0.318. The minimum Gasteiger partial charge on any atom is -0.462 e. The van der Waals surface area contributed by atoms with Gasteiger partial charge in [-0.3, -0.25) is 4.79 Å². The van der Waals surface area contributed by atoms with Gasteiger partial charge in [-0.15, -0.1) is 11.3 Å². The molecule has 0 radical (unpaired) electrons. The summed E-state index contributed by atoms with van der Waals surface area (Å²) in [6.07, 6.45) is 6.75. The van der Waals surface area contributed by atoms with Crippen molar-refractivity contribution in [1.29, 1.82) is 0 Å². The Kier molecular flexibility index (Phi) is 6.44. The van der Waals surface area contributed by atoms with E-state index in [1.54, 1.807) is 37.4 Å². The molecule has 0 aliphatic heterocycles. The number of ether oxygens (including phenoxy) is 2. The third-order valence-electron chi connectivity index (χ3n) is 4.86. The third kappa shape index (κ3) is 4.55. The molecule has 1 aliphatic rings. The van der Waals surface area contributed by atoms with Gasteiger partial charge in [0.05, 0.1) is 12.2 Å². The highest BCUT2D eigenvalue weighted by Gasteiger charge is 2.26. The molecule has 2 aromatic heterocycles. The first kappa shape index (κ1) is 20.6. The number of nitrogens with zero attached hydrogens (tertiary/aromatic N) is 1. The lowest BCUT2D eigenvalue weighted by atomic mass is 10.1. The molecule has 0 bridgehead atoms. The topological polar surface area (TPSA) is 77.5 Å². The van der Waals surface area contributed by atoms with Gasteiger partial charge < -0.3 is 14.8 Å². The van der Waals surface area contributed by atoms with Crippen LogP contribution in [0.25, 0.3) is 0 Å². The summed E-state index contributed by atoms with van der Waals surface area (Å²) in [5, 5.41) is 5.90. The zero-order chi connectivity index (χ0) is 20.9. The molecule has 8 heteroatoms. The molecular formula is C22H22N2O4S2. The van der Waals surface area contributed by atoms with Crippen LogP contribution in [-0.4, -0.2) is 23.5 Å². The van der Waals surface area contributed by atoms with Gasteiger partial charge in [0, 0.05) is 22.0 Å². The van der Waals surface area contributed by atoms with E-state index < -0.39 is 0 Å². The molecular weight excluding hydrogens is 420 g/mol. The lowest BCUT2D eigenvalue weighted by Crippen LogP contribution is -2.15. The summed E-state index contributed by atoms with van der Waals surface area (Å²) in [6.45, 7) is 2.09. The number of hydrogen-bond donors (Lipinski definition) is 1. The number of fused-ring (bicyclic) bond motifs is 1. The van der Waals surface area contributed by atoms with Crippen molar-refractivity contribution < 1.29 is 19.1 Å². The van der Waals surface area contributed by atoms with Crippen LogP contribution in [0.1, 0.15) is 57.3 Å². The first-order valence-electron chi connectivity index (χ1n) is 9.96. The first-order chi connectivity index (χ1) is 14.7. The number of nitrogens with one attached hydrogen (secondary N) is 1. The zero-order valence-corrected chi connectivity index (χ0v) is 18.2. The third-order valence-corrected chi connectivity index (χ3v) is 6.71. The lowest BCUT2D eigenvalue weighted by Gasteiger charge is -2.09. The van der Waals surface area contributed by atoms with Crippen molar-refractivity contribution in [3.8, 4) is 10.9 Å². The number of anilines is 1. The Morgan fingerprint density at radius 3 is 2.67 bits per heavy atom. The summed E-state index contributed by atoms with van der Waals surface area (Å²) in [5.41, 5.74) is 2.05. The van der Waals surface area contributed by atoms with Gasteiger partial charge in [0.15, 0.2) is 0 Å². The Hall–Kier alpha value is -2.71. The number of aromatic nitrogens is 1. The summed E-state index contributed by atoms with van der Waals surface area (Å²) in [7, 11) is 0. The van der Waals surface area contributed by atoms with Crippen LogP contribution in [0.2, 0.25) is 0 Å². The van der Waals surface area contributed by atoms with E-state index in [4.69, 9.17) is 9.47 Å². The van der Waals surface area contributed by atoms with Crippen molar-refractivity contribution in [3.63, 3.8) is 0 Å². The normalized spacial score (nSPS) is 13.2. The Morgan fingerprint density at radius 2 is 1.93 bits per heavy atom. The molecule has 6 nitrogen and oxygen atoms in total. The van der Waals surface area contributed by atoms with Crippen LogP contribution in [0.15, 0.2) is 35.8 Å². The van der Waals surface area contributed by atoms with Crippen LogP contribution in [0.4, 0.5) is 5.00 Å². The molecule has 0 saturated carbocycles. The van der Waals surface area contributed by atoms with Crippen LogP contribution in [0.3, 0.4) is 0 Å². The van der Waals surface area contributed by atoms with Gasteiger partial charge in [-0.25, -0.2) is 9.78 Å². The Balaban J connectivity index is 1.54. The van der Waals surface area contributed by atoms with Crippen LogP contribution >= 0.6 is 22.7 Å². The Bertz CT molecular complexity index is 1030. The molecule has 1 N–H and O–H groups in total. The van der Waals surface area contributed by atoms with E-state index in [1.807, 2.05) is 5.38 Å². The van der Waals surface area contributed by atoms with Gasteiger partial charge in [0.25, 0.3) is 11.1 Å². The maximum Gasteiger partial charge on any atom is 0.341 e. The van der Waals surface area contributed by atoms with Gasteiger partial charge in [-0.1, -0.05) is 17.8 Å². The summed E-state index contributed by atoms with van der Waals surface area (Å²) in [4.78, 5) is 30.7. The average Bonchev–Trinajstić information content (AvgIpc) is 3.30. The van der Waals surface area contributed by atoms with E-state index in [0.717, 1.165) is 37.7 Å². The van der Waals surface area contributed by atoms with E-state index in [0.29, 0.717) is 33.7 Å². The summed E-state index contributed by atoms with van der Waals surface area (Å²) in [5.74, 6) is -0.0197. The fourth-order valence-corrected chi connectivity index (χ4v) is 5.24. The summed E-state index contributed by atoms with van der Waals surface area (Å²) >= 11 is 2.89. The van der Waals surface area contributed by atoms with Crippen LogP contribution in [0.5, 0.6) is 10.9 Å². The standard InChI is InChI=1S/C22H22N2O4S2/c1-2-27-21(26)18-16-6-4-3-5-7-17(16)30-20(18)24-19(25)14-8-10-15(11-9-14)28-22-23-12-13-29-22/h8-13H,2-7H2,1H3,(H,24,25). The van der Waals surface area contributed by atoms with Crippen molar-refractivity contribution in [2.75, 3.05) is 11.9 Å². The predicted octanol–water partition coefficient (Wildman–Crippen LogP) is 5.69. The van der Waals surface area contributed by atoms with Crippen molar-refractivity contribution in [2.24, 2.45) is 0 Å². The van der Waals surface area contributed by atoms with Gasteiger partial charge >= 0.3 is 5.97 Å². The Labute approximate surface area is 182 Å². The van der Waals surface area contributed by atoms with Crippen molar-refractivity contribution in [1.82, 2.24) is 4.98 Å². The molecule has 2 heterocycles. The number of hydrogen-bond acceptors (Lipinski definition) is 7. The lowest BCUT2D eigenvalue weighted by molar-refractivity contribution is 0.0527. The summed E-state index contributed by atoms with van der Waals surface area (Å²) < 4.78 is 10.9. The van der Waals surface area contributed by atoms with Crippen molar-refractivity contribution in [3.05, 3.63) is 57.4 Å². The molecule has 30 heavy (non-hydrogen) atoms. The van der Waals surface area contributed by atoms with Crippen LogP contribution in [-0.2, 0) is 17.6 Å². The largest absolute Gasteiger partial charge is 0.462 e. The number of esters is 1. The fourth-order valence-electron chi connectivity index (χ4n) is 3.46.